The average Bonchev–Trinajstić information content (AvgIpc) is 2.47. The SMILES string of the molecule is CC/C=C/C1CCC(c2ccc(COC)cc2)CC1. The number of allylic oxidation sites excluding steroid dienone is 2. The molecule has 1 aliphatic carbocycles. The molecule has 19 heavy (non-hydrogen) atoms. The van der Waals surface area contributed by atoms with Gasteiger partial charge in [0.25, 0.3) is 0 Å². The zero-order valence-electron chi connectivity index (χ0n) is 12.3. The molecule has 2 rings (SSSR count). The van der Waals surface area contributed by atoms with Crippen LogP contribution in [0.1, 0.15) is 56.1 Å². The van der Waals surface area contributed by atoms with Gasteiger partial charge >= 0.3 is 0 Å². The van der Waals surface area contributed by atoms with Crippen LogP contribution in [-0.2, 0) is 11.3 Å². The zero-order chi connectivity index (χ0) is 13.5. The summed E-state index contributed by atoms with van der Waals surface area (Å²) in [7, 11) is 1.75. The van der Waals surface area contributed by atoms with E-state index in [0.29, 0.717) is 0 Å². The van der Waals surface area contributed by atoms with Crippen LogP contribution in [0.5, 0.6) is 0 Å². The molecule has 1 aromatic carbocycles. The Bertz CT molecular complexity index is 383. The zero-order valence-corrected chi connectivity index (χ0v) is 12.3. The molecule has 1 aliphatic rings. The summed E-state index contributed by atoms with van der Waals surface area (Å²) >= 11 is 0. The number of ether oxygens (including phenoxy) is 1. The molecule has 0 radical (unpaired) electrons. The number of methoxy groups -OCH3 is 1. The van der Waals surface area contributed by atoms with Crippen molar-refractivity contribution in [2.45, 2.75) is 51.6 Å². The Balaban J connectivity index is 1.88. The van der Waals surface area contributed by atoms with Crippen LogP contribution >= 0.6 is 0 Å². The average molecular weight is 258 g/mol. The lowest BCUT2D eigenvalue weighted by molar-refractivity contribution is 0.185. The highest BCUT2D eigenvalue weighted by Crippen LogP contribution is 2.36. The van der Waals surface area contributed by atoms with Gasteiger partial charge in [0, 0.05) is 7.11 Å². The highest BCUT2D eigenvalue weighted by atomic mass is 16.5. The minimum atomic E-state index is 0.717. The molecular weight excluding hydrogens is 232 g/mol. The van der Waals surface area contributed by atoms with Crippen LogP contribution in [0, 0.1) is 5.92 Å². The summed E-state index contributed by atoms with van der Waals surface area (Å²) in [6.45, 7) is 2.93. The molecule has 0 saturated heterocycles. The van der Waals surface area contributed by atoms with Crippen molar-refractivity contribution in [3.63, 3.8) is 0 Å². The van der Waals surface area contributed by atoms with E-state index >= 15 is 0 Å². The first-order chi connectivity index (χ1) is 9.33. The summed E-state index contributed by atoms with van der Waals surface area (Å²) < 4.78 is 5.16. The highest BCUT2D eigenvalue weighted by molar-refractivity contribution is 5.25. The van der Waals surface area contributed by atoms with Crippen molar-refractivity contribution in [1.82, 2.24) is 0 Å². The Morgan fingerprint density at radius 3 is 2.37 bits per heavy atom. The van der Waals surface area contributed by atoms with E-state index in [1.165, 1.54) is 43.2 Å². The molecule has 104 valence electrons. The molecule has 0 aliphatic heterocycles. The van der Waals surface area contributed by atoms with Crippen molar-refractivity contribution in [2.24, 2.45) is 5.92 Å². The van der Waals surface area contributed by atoms with E-state index in [0.717, 1.165) is 18.4 Å². The lowest BCUT2D eigenvalue weighted by atomic mass is 9.78. The van der Waals surface area contributed by atoms with Gasteiger partial charge in [0.05, 0.1) is 6.61 Å². The maximum Gasteiger partial charge on any atom is 0.0713 e. The van der Waals surface area contributed by atoms with E-state index in [-0.39, 0.29) is 0 Å². The molecule has 0 amide bonds. The van der Waals surface area contributed by atoms with Crippen molar-refractivity contribution in [2.75, 3.05) is 7.11 Å². The van der Waals surface area contributed by atoms with Crippen molar-refractivity contribution in [3.05, 3.63) is 47.5 Å². The molecule has 1 aromatic rings. The predicted octanol–water partition coefficient (Wildman–Crippen LogP) is 5.07. The second kappa shape index (κ2) is 7.49. The molecule has 0 atom stereocenters. The molecule has 1 fully saturated rings. The normalized spacial score (nSPS) is 23.9. The lowest BCUT2D eigenvalue weighted by Gasteiger charge is -2.27. The first-order valence-corrected chi connectivity index (χ1v) is 7.58. The largest absolute Gasteiger partial charge is 0.380 e. The maximum absolute atomic E-state index is 5.16. The summed E-state index contributed by atoms with van der Waals surface area (Å²) in [5, 5.41) is 0. The fourth-order valence-corrected chi connectivity index (χ4v) is 3.03. The molecule has 0 unspecified atom stereocenters. The topological polar surface area (TPSA) is 9.23 Å². The second-order valence-corrected chi connectivity index (χ2v) is 5.62. The Morgan fingerprint density at radius 1 is 1.11 bits per heavy atom. The molecule has 1 heteroatoms. The Kier molecular flexibility index (Phi) is 5.65. The minimum absolute atomic E-state index is 0.717. The van der Waals surface area contributed by atoms with E-state index in [9.17, 15) is 0 Å². The van der Waals surface area contributed by atoms with Gasteiger partial charge < -0.3 is 4.74 Å². The second-order valence-electron chi connectivity index (χ2n) is 5.62. The monoisotopic (exact) mass is 258 g/mol. The molecule has 1 saturated carbocycles. The Hall–Kier alpha value is -1.08. The molecule has 0 N–H and O–H groups in total. The van der Waals surface area contributed by atoms with Gasteiger partial charge in [-0.05, 0) is 55.1 Å². The van der Waals surface area contributed by atoms with Gasteiger partial charge in [0.1, 0.15) is 0 Å². The summed E-state index contributed by atoms with van der Waals surface area (Å²) in [6, 6.07) is 9.01. The van der Waals surface area contributed by atoms with Gasteiger partial charge in [-0.25, -0.2) is 0 Å². The quantitative estimate of drug-likeness (QED) is 0.670. The van der Waals surface area contributed by atoms with Crippen molar-refractivity contribution >= 4 is 0 Å². The van der Waals surface area contributed by atoms with E-state index in [2.05, 4.69) is 43.3 Å². The van der Waals surface area contributed by atoms with Gasteiger partial charge in [-0.1, -0.05) is 43.3 Å². The predicted molar refractivity (Wildman–Crippen MR) is 81.3 cm³/mol. The van der Waals surface area contributed by atoms with Crippen LogP contribution < -0.4 is 0 Å². The van der Waals surface area contributed by atoms with Crippen LogP contribution in [-0.4, -0.2) is 7.11 Å². The van der Waals surface area contributed by atoms with Crippen LogP contribution in [0.4, 0.5) is 0 Å². The number of rotatable bonds is 5. The third-order valence-electron chi connectivity index (χ3n) is 4.18. The van der Waals surface area contributed by atoms with E-state index in [1.807, 2.05) is 0 Å². The summed E-state index contributed by atoms with van der Waals surface area (Å²) in [5.41, 5.74) is 2.78. The maximum atomic E-state index is 5.16. The third kappa shape index (κ3) is 4.21. The summed E-state index contributed by atoms with van der Waals surface area (Å²) in [4.78, 5) is 0. The van der Waals surface area contributed by atoms with Gasteiger partial charge in [0.2, 0.25) is 0 Å². The fraction of sp³-hybridized carbons (Fsp3) is 0.556. The van der Waals surface area contributed by atoms with Crippen molar-refractivity contribution < 1.29 is 4.74 Å². The number of benzene rings is 1. The minimum Gasteiger partial charge on any atom is -0.380 e. The van der Waals surface area contributed by atoms with Gasteiger partial charge in [-0.15, -0.1) is 0 Å². The molecule has 0 bridgehead atoms. The van der Waals surface area contributed by atoms with E-state index in [4.69, 9.17) is 4.74 Å². The smallest absolute Gasteiger partial charge is 0.0713 e. The number of hydrogen-bond acceptors (Lipinski definition) is 1. The standard InChI is InChI=1S/C18H26O/c1-3-4-5-15-6-10-17(11-7-15)18-12-8-16(9-13-18)14-19-2/h4-5,8-9,12-13,15,17H,3,6-7,10-11,14H2,1-2H3/b5-4+. The van der Waals surface area contributed by atoms with Gasteiger partial charge in [-0.2, -0.15) is 0 Å². The summed E-state index contributed by atoms with van der Waals surface area (Å²) in [5.74, 6) is 1.59. The molecule has 0 aromatic heterocycles. The fourth-order valence-electron chi connectivity index (χ4n) is 3.03. The Morgan fingerprint density at radius 2 is 1.79 bits per heavy atom. The first kappa shape index (κ1) is 14.3. The highest BCUT2D eigenvalue weighted by Gasteiger charge is 2.20. The van der Waals surface area contributed by atoms with Gasteiger partial charge in [-0.3, -0.25) is 0 Å². The third-order valence-corrected chi connectivity index (χ3v) is 4.18. The summed E-state index contributed by atoms with van der Waals surface area (Å²) in [6.07, 6.45) is 11.3. The molecule has 0 heterocycles. The van der Waals surface area contributed by atoms with Crippen LogP contribution in [0.3, 0.4) is 0 Å². The molecular formula is C18H26O. The van der Waals surface area contributed by atoms with Crippen LogP contribution in [0.2, 0.25) is 0 Å². The number of hydrogen-bond donors (Lipinski definition) is 0. The van der Waals surface area contributed by atoms with E-state index in [1.54, 1.807) is 7.11 Å². The Labute approximate surface area is 117 Å². The van der Waals surface area contributed by atoms with E-state index < -0.39 is 0 Å². The van der Waals surface area contributed by atoms with Crippen LogP contribution in [0.15, 0.2) is 36.4 Å². The lowest BCUT2D eigenvalue weighted by Crippen LogP contribution is -2.11. The molecule has 0 spiro atoms. The van der Waals surface area contributed by atoms with Gasteiger partial charge in [0.15, 0.2) is 0 Å². The first-order valence-electron chi connectivity index (χ1n) is 7.58. The van der Waals surface area contributed by atoms with Crippen molar-refractivity contribution in [1.29, 1.82) is 0 Å². The van der Waals surface area contributed by atoms with Crippen LogP contribution in [0.25, 0.3) is 0 Å². The molecule has 1 nitrogen and oxygen atoms in total. The van der Waals surface area contributed by atoms with Crippen molar-refractivity contribution in [3.8, 4) is 0 Å².